The third kappa shape index (κ3) is 5.80. The van der Waals surface area contributed by atoms with Crippen molar-refractivity contribution < 1.29 is 18.3 Å². The summed E-state index contributed by atoms with van der Waals surface area (Å²) in [5, 5.41) is 12.7. The summed E-state index contributed by atoms with van der Waals surface area (Å²) in [6.45, 7) is 4.29. The van der Waals surface area contributed by atoms with Crippen LogP contribution in [0.1, 0.15) is 55.1 Å². The summed E-state index contributed by atoms with van der Waals surface area (Å²) in [5.74, 6) is -1.18. The quantitative estimate of drug-likeness (QED) is 0.533. The minimum atomic E-state index is -3.74. The summed E-state index contributed by atoms with van der Waals surface area (Å²) in [6.07, 6.45) is 2.67. The second-order valence-electron chi connectivity index (χ2n) is 6.39. The lowest BCUT2D eigenvalue weighted by Gasteiger charge is -2.18. The Morgan fingerprint density at radius 1 is 1.11 bits per heavy atom. The van der Waals surface area contributed by atoms with Crippen molar-refractivity contribution in [1.82, 2.24) is 4.72 Å². The van der Waals surface area contributed by atoms with Crippen LogP contribution in [-0.4, -0.2) is 26.0 Å². The molecule has 0 aromatic heterocycles. The zero-order valence-corrected chi connectivity index (χ0v) is 16.4. The van der Waals surface area contributed by atoms with Crippen LogP contribution in [0.25, 0.3) is 0 Å². The third-order valence-corrected chi connectivity index (χ3v) is 5.73. The topological polar surface area (TPSA) is 95.5 Å². The van der Waals surface area contributed by atoms with Gasteiger partial charge in [0.2, 0.25) is 10.0 Å². The largest absolute Gasteiger partial charge is 0.478 e. The van der Waals surface area contributed by atoms with Crippen LogP contribution in [0.4, 0.5) is 5.69 Å². The highest BCUT2D eigenvalue weighted by Gasteiger charge is 2.19. The van der Waals surface area contributed by atoms with Crippen molar-refractivity contribution in [3.63, 3.8) is 0 Å². The van der Waals surface area contributed by atoms with Crippen molar-refractivity contribution >= 4 is 21.7 Å². The zero-order chi connectivity index (χ0) is 19.9. The van der Waals surface area contributed by atoms with Crippen molar-refractivity contribution in [2.75, 3.05) is 11.9 Å². The summed E-state index contributed by atoms with van der Waals surface area (Å²) in [5.41, 5.74) is 1.31. The molecule has 7 heteroatoms. The molecule has 27 heavy (non-hydrogen) atoms. The number of rotatable bonds is 10. The van der Waals surface area contributed by atoms with Gasteiger partial charge in [-0.05, 0) is 37.1 Å². The molecule has 3 N–H and O–H groups in total. The molecular formula is C20H26N2O4S. The normalized spacial score (nSPS) is 12.5. The average Bonchev–Trinajstić information content (AvgIpc) is 2.66. The Morgan fingerprint density at radius 3 is 2.44 bits per heavy atom. The van der Waals surface area contributed by atoms with Gasteiger partial charge < -0.3 is 10.4 Å². The second-order valence-corrected chi connectivity index (χ2v) is 8.16. The number of nitrogens with one attached hydrogen (secondary N) is 2. The van der Waals surface area contributed by atoms with E-state index in [4.69, 9.17) is 0 Å². The number of sulfonamides is 1. The fourth-order valence-electron chi connectivity index (χ4n) is 2.72. The van der Waals surface area contributed by atoms with E-state index in [1.54, 1.807) is 0 Å². The van der Waals surface area contributed by atoms with Gasteiger partial charge in [-0.1, -0.05) is 50.1 Å². The van der Waals surface area contributed by atoms with Crippen LogP contribution in [0, 0.1) is 0 Å². The predicted molar refractivity (Wildman–Crippen MR) is 107 cm³/mol. The number of carboxylic acids is 1. The third-order valence-electron chi connectivity index (χ3n) is 4.28. The standard InChI is InChI=1S/C20H26N2O4S/c1-3-4-8-13-21-27(25,26)17-11-12-19(18(14-17)20(23)24)22-15(2)16-9-6-5-7-10-16/h5-7,9-12,14-15,21-22H,3-4,8,13H2,1-2H3,(H,23,24)/t15-/m1/s1. The maximum absolute atomic E-state index is 12.4. The van der Waals surface area contributed by atoms with Gasteiger partial charge in [-0.3, -0.25) is 0 Å². The Labute approximate surface area is 160 Å². The van der Waals surface area contributed by atoms with Crippen LogP contribution in [0.2, 0.25) is 0 Å². The fourth-order valence-corrected chi connectivity index (χ4v) is 3.82. The Morgan fingerprint density at radius 2 is 1.81 bits per heavy atom. The van der Waals surface area contributed by atoms with Crippen molar-refractivity contribution in [3.05, 3.63) is 59.7 Å². The van der Waals surface area contributed by atoms with E-state index in [2.05, 4.69) is 10.0 Å². The van der Waals surface area contributed by atoms with Crippen LogP contribution >= 0.6 is 0 Å². The number of benzene rings is 2. The second kappa shape index (κ2) is 9.53. The van der Waals surface area contributed by atoms with E-state index in [1.165, 1.54) is 18.2 Å². The van der Waals surface area contributed by atoms with Gasteiger partial charge in [0.1, 0.15) is 0 Å². The van der Waals surface area contributed by atoms with E-state index in [9.17, 15) is 18.3 Å². The van der Waals surface area contributed by atoms with Crippen LogP contribution < -0.4 is 10.0 Å². The summed E-state index contributed by atoms with van der Waals surface area (Å²) >= 11 is 0. The van der Waals surface area contributed by atoms with Gasteiger partial charge in [-0.15, -0.1) is 0 Å². The molecule has 0 fully saturated rings. The van der Waals surface area contributed by atoms with Crippen molar-refractivity contribution in [3.8, 4) is 0 Å². The van der Waals surface area contributed by atoms with E-state index in [0.29, 0.717) is 12.2 Å². The van der Waals surface area contributed by atoms with Gasteiger partial charge in [0, 0.05) is 18.3 Å². The van der Waals surface area contributed by atoms with Crippen molar-refractivity contribution in [2.24, 2.45) is 0 Å². The molecule has 0 bridgehead atoms. The number of anilines is 1. The maximum Gasteiger partial charge on any atom is 0.337 e. The first-order valence-electron chi connectivity index (χ1n) is 9.03. The predicted octanol–water partition coefficient (Wildman–Crippen LogP) is 4.03. The highest BCUT2D eigenvalue weighted by Crippen LogP contribution is 2.25. The van der Waals surface area contributed by atoms with Crippen LogP contribution in [0.5, 0.6) is 0 Å². The Balaban J connectivity index is 2.22. The van der Waals surface area contributed by atoms with Gasteiger partial charge in [0.05, 0.1) is 10.5 Å². The molecule has 2 aromatic carbocycles. The lowest BCUT2D eigenvalue weighted by atomic mass is 10.1. The van der Waals surface area contributed by atoms with E-state index in [1.807, 2.05) is 44.2 Å². The zero-order valence-electron chi connectivity index (χ0n) is 15.6. The first-order chi connectivity index (χ1) is 12.8. The molecule has 0 aliphatic carbocycles. The number of carbonyl (C=O) groups is 1. The fraction of sp³-hybridized carbons (Fsp3) is 0.350. The lowest BCUT2D eigenvalue weighted by molar-refractivity contribution is 0.0697. The molecule has 0 spiro atoms. The number of hydrogen-bond donors (Lipinski definition) is 3. The molecule has 146 valence electrons. The molecule has 1 atom stereocenters. The highest BCUT2D eigenvalue weighted by molar-refractivity contribution is 7.89. The van der Waals surface area contributed by atoms with Gasteiger partial charge in [-0.25, -0.2) is 17.9 Å². The number of aromatic carboxylic acids is 1. The molecule has 2 aromatic rings. The molecule has 0 heterocycles. The summed E-state index contributed by atoms with van der Waals surface area (Å²) in [4.78, 5) is 11.6. The minimum Gasteiger partial charge on any atom is -0.478 e. The van der Waals surface area contributed by atoms with Gasteiger partial charge in [0.25, 0.3) is 0 Å². The lowest BCUT2D eigenvalue weighted by Crippen LogP contribution is -2.25. The minimum absolute atomic E-state index is 0.0469. The smallest absolute Gasteiger partial charge is 0.337 e. The SMILES string of the molecule is CCCCCNS(=O)(=O)c1ccc(N[C@H](C)c2ccccc2)c(C(=O)O)c1. The van der Waals surface area contributed by atoms with Crippen LogP contribution in [0.15, 0.2) is 53.4 Å². The first kappa shape index (κ1) is 20.9. The van der Waals surface area contributed by atoms with E-state index >= 15 is 0 Å². The van der Waals surface area contributed by atoms with E-state index < -0.39 is 16.0 Å². The average molecular weight is 391 g/mol. The molecular weight excluding hydrogens is 364 g/mol. The monoisotopic (exact) mass is 390 g/mol. The van der Waals surface area contributed by atoms with Crippen LogP contribution in [-0.2, 0) is 10.0 Å². The molecule has 2 rings (SSSR count). The molecule has 0 aliphatic heterocycles. The van der Waals surface area contributed by atoms with Gasteiger partial charge in [-0.2, -0.15) is 0 Å². The molecule has 0 unspecified atom stereocenters. The Hall–Kier alpha value is -2.38. The molecule has 0 saturated heterocycles. The van der Waals surface area contributed by atoms with Crippen molar-refractivity contribution in [1.29, 1.82) is 0 Å². The molecule has 0 saturated carbocycles. The number of carboxylic acid groups (broad SMARTS) is 1. The first-order valence-corrected chi connectivity index (χ1v) is 10.5. The Bertz CT molecular complexity index is 867. The van der Waals surface area contributed by atoms with E-state index in [0.717, 1.165) is 24.8 Å². The Kier molecular flexibility index (Phi) is 7.38. The number of hydrogen-bond acceptors (Lipinski definition) is 4. The van der Waals surface area contributed by atoms with Crippen LogP contribution in [0.3, 0.4) is 0 Å². The van der Waals surface area contributed by atoms with Crippen molar-refractivity contribution in [2.45, 2.75) is 44.0 Å². The van der Waals surface area contributed by atoms with E-state index in [-0.39, 0.29) is 16.5 Å². The maximum atomic E-state index is 12.4. The molecule has 0 amide bonds. The highest BCUT2D eigenvalue weighted by atomic mass is 32.2. The van der Waals surface area contributed by atoms with Gasteiger partial charge in [0.15, 0.2) is 0 Å². The summed E-state index contributed by atoms with van der Waals surface area (Å²) in [7, 11) is -3.74. The number of unbranched alkanes of at least 4 members (excludes halogenated alkanes) is 2. The van der Waals surface area contributed by atoms with Gasteiger partial charge >= 0.3 is 5.97 Å². The summed E-state index contributed by atoms with van der Waals surface area (Å²) in [6, 6.07) is 13.6. The molecule has 0 aliphatic rings. The molecule has 6 nitrogen and oxygen atoms in total. The molecule has 0 radical (unpaired) electrons. The summed E-state index contributed by atoms with van der Waals surface area (Å²) < 4.78 is 27.3.